The highest BCUT2D eigenvalue weighted by molar-refractivity contribution is 9.10. The van der Waals surface area contributed by atoms with Gasteiger partial charge in [-0.3, -0.25) is 0 Å². The lowest BCUT2D eigenvalue weighted by molar-refractivity contribution is 0.315. The average molecular weight is 369 g/mol. The van der Waals surface area contributed by atoms with Crippen LogP contribution in [0.4, 0.5) is 0 Å². The van der Waals surface area contributed by atoms with Gasteiger partial charge in [-0.1, -0.05) is 36.7 Å². The minimum atomic E-state index is -0.0695. The fourth-order valence-corrected chi connectivity index (χ4v) is 2.84. The number of ether oxygens (including phenoxy) is 1. The molecule has 0 saturated carbocycles. The molecule has 0 aliphatic heterocycles. The first-order valence-corrected chi connectivity index (χ1v) is 8.19. The van der Waals surface area contributed by atoms with Crippen molar-refractivity contribution in [2.45, 2.75) is 25.8 Å². The predicted octanol–water partition coefficient (Wildman–Crippen LogP) is 5.13. The molecule has 0 aromatic heterocycles. The molecule has 2 aromatic carbocycles. The van der Waals surface area contributed by atoms with Crippen LogP contribution in [-0.4, -0.2) is 6.61 Å². The molecule has 2 N–H and O–H groups in total. The van der Waals surface area contributed by atoms with Gasteiger partial charge in [0.15, 0.2) is 0 Å². The molecule has 0 aliphatic carbocycles. The van der Waals surface area contributed by atoms with Crippen LogP contribution in [0.15, 0.2) is 46.9 Å². The summed E-state index contributed by atoms with van der Waals surface area (Å²) in [4.78, 5) is 0. The second kappa shape index (κ2) is 7.83. The van der Waals surface area contributed by atoms with E-state index >= 15 is 0 Å². The topological polar surface area (TPSA) is 35.2 Å². The van der Waals surface area contributed by atoms with Gasteiger partial charge in [-0.05, 0) is 64.2 Å². The lowest BCUT2D eigenvalue weighted by Gasteiger charge is -2.15. The Balaban J connectivity index is 2.08. The van der Waals surface area contributed by atoms with Gasteiger partial charge >= 0.3 is 0 Å². The molecule has 21 heavy (non-hydrogen) atoms. The van der Waals surface area contributed by atoms with Crippen molar-refractivity contribution < 1.29 is 4.74 Å². The van der Waals surface area contributed by atoms with Crippen LogP contribution in [0.3, 0.4) is 0 Å². The van der Waals surface area contributed by atoms with Gasteiger partial charge in [0.05, 0.1) is 11.1 Å². The van der Waals surface area contributed by atoms with Crippen LogP contribution in [0.2, 0.25) is 5.02 Å². The normalized spacial score (nSPS) is 12.2. The first-order chi connectivity index (χ1) is 10.1. The highest BCUT2D eigenvalue weighted by atomic mass is 79.9. The summed E-state index contributed by atoms with van der Waals surface area (Å²) in [5, 5.41) is 0.740. The number of halogens is 2. The molecule has 0 bridgehead atoms. The molecule has 0 fully saturated rings. The van der Waals surface area contributed by atoms with Crippen LogP contribution in [0.5, 0.6) is 5.75 Å². The van der Waals surface area contributed by atoms with E-state index in [9.17, 15) is 0 Å². The molecule has 2 aromatic rings. The van der Waals surface area contributed by atoms with Crippen LogP contribution in [0, 0.1) is 0 Å². The van der Waals surface area contributed by atoms with E-state index in [1.807, 2.05) is 42.5 Å². The summed E-state index contributed by atoms with van der Waals surface area (Å²) in [5.41, 5.74) is 8.50. The summed E-state index contributed by atoms with van der Waals surface area (Å²) in [7, 11) is 0. The van der Waals surface area contributed by atoms with Crippen molar-refractivity contribution >= 4 is 27.5 Å². The monoisotopic (exact) mass is 367 g/mol. The molecule has 1 atom stereocenters. The lowest BCUT2D eigenvalue weighted by atomic mass is 10.00. The van der Waals surface area contributed by atoms with E-state index in [2.05, 4.69) is 22.9 Å². The number of benzene rings is 2. The molecule has 4 heteroatoms. The van der Waals surface area contributed by atoms with Crippen LogP contribution in [0.1, 0.15) is 30.5 Å². The van der Waals surface area contributed by atoms with Gasteiger partial charge in [-0.2, -0.15) is 0 Å². The largest absolute Gasteiger partial charge is 0.492 e. The summed E-state index contributed by atoms with van der Waals surface area (Å²) in [5.74, 6) is 0.857. The first-order valence-electron chi connectivity index (χ1n) is 7.02. The zero-order chi connectivity index (χ0) is 15.2. The van der Waals surface area contributed by atoms with E-state index in [1.54, 1.807) is 0 Å². The molecule has 0 aliphatic rings. The first kappa shape index (κ1) is 16.3. The molecule has 112 valence electrons. The van der Waals surface area contributed by atoms with Gasteiger partial charge in [-0.25, -0.2) is 0 Å². The molecular formula is C17H19BrClNO. The van der Waals surface area contributed by atoms with Crippen LogP contribution >= 0.6 is 27.5 Å². The zero-order valence-corrected chi connectivity index (χ0v) is 14.3. The van der Waals surface area contributed by atoms with E-state index in [-0.39, 0.29) is 6.04 Å². The fraction of sp³-hybridized carbons (Fsp3) is 0.294. The standard InChI is InChI=1S/C17H19BrClNO/c1-2-8-21-17-7-6-13(11-15(17)18)16(20)10-12-4-3-5-14(19)9-12/h3-7,9,11,16H,2,8,10,20H2,1H3. The molecule has 0 radical (unpaired) electrons. The van der Waals surface area contributed by atoms with Crippen molar-refractivity contribution in [3.8, 4) is 5.75 Å². The number of hydrogen-bond donors (Lipinski definition) is 1. The number of rotatable bonds is 6. The van der Waals surface area contributed by atoms with Crippen molar-refractivity contribution in [2.75, 3.05) is 6.61 Å². The zero-order valence-electron chi connectivity index (χ0n) is 12.0. The molecule has 1 unspecified atom stereocenters. The molecule has 0 saturated heterocycles. The Hall–Kier alpha value is -1.03. The van der Waals surface area contributed by atoms with E-state index in [0.29, 0.717) is 6.61 Å². The van der Waals surface area contributed by atoms with Gasteiger partial charge < -0.3 is 10.5 Å². The van der Waals surface area contributed by atoms with E-state index in [1.165, 1.54) is 0 Å². The Morgan fingerprint density at radius 2 is 2.05 bits per heavy atom. The minimum Gasteiger partial charge on any atom is -0.492 e. The maximum absolute atomic E-state index is 6.29. The van der Waals surface area contributed by atoms with Gasteiger partial charge in [0.2, 0.25) is 0 Å². The van der Waals surface area contributed by atoms with Gasteiger partial charge in [0.1, 0.15) is 5.75 Å². The summed E-state index contributed by atoms with van der Waals surface area (Å²) >= 11 is 9.54. The quantitative estimate of drug-likeness (QED) is 0.766. The maximum atomic E-state index is 6.29. The third-order valence-electron chi connectivity index (χ3n) is 3.19. The van der Waals surface area contributed by atoms with Gasteiger partial charge in [0.25, 0.3) is 0 Å². The molecule has 0 heterocycles. The van der Waals surface area contributed by atoms with Crippen molar-refractivity contribution in [1.29, 1.82) is 0 Å². The third kappa shape index (κ3) is 4.73. The highest BCUT2D eigenvalue weighted by Gasteiger charge is 2.10. The van der Waals surface area contributed by atoms with E-state index < -0.39 is 0 Å². The third-order valence-corrected chi connectivity index (χ3v) is 4.05. The summed E-state index contributed by atoms with van der Waals surface area (Å²) in [6.45, 7) is 2.80. The Bertz CT molecular complexity index is 603. The molecule has 0 amide bonds. The van der Waals surface area contributed by atoms with Gasteiger partial charge in [-0.15, -0.1) is 0 Å². The van der Waals surface area contributed by atoms with Crippen molar-refractivity contribution in [3.63, 3.8) is 0 Å². The SMILES string of the molecule is CCCOc1ccc(C(N)Cc2cccc(Cl)c2)cc1Br. The predicted molar refractivity (Wildman–Crippen MR) is 92.0 cm³/mol. The molecule has 2 rings (SSSR count). The summed E-state index contributed by atoms with van der Waals surface area (Å²) in [6, 6.07) is 13.8. The minimum absolute atomic E-state index is 0.0695. The van der Waals surface area contributed by atoms with Crippen molar-refractivity contribution in [2.24, 2.45) is 5.73 Å². The van der Waals surface area contributed by atoms with Crippen LogP contribution < -0.4 is 10.5 Å². The van der Waals surface area contributed by atoms with Crippen LogP contribution in [-0.2, 0) is 6.42 Å². The number of nitrogens with two attached hydrogens (primary N) is 1. The van der Waals surface area contributed by atoms with E-state index in [0.717, 1.165) is 39.2 Å². The smallest absolute Gasteiger partial charge is 0.133 e. The fourth-order valence-electron chi connectivity index (χ4n) is 2.11. The second-order valence-electron chi connectivity index (χ2n) is 4.98. The molecular weight excluding hydrogens is 350 g/mol. The molecule has 2 nitrogen and oxygen atoms in total. The summed E-state index contributed by atoms with van der Waals surface area (Å²) < 4.78 is 6.59. The van der Waals surface area contributed by atoms with E-state index in [4.69, 9.17) is 22.1 Å². The van der Waals surface area contributed by atoms with Crippen molar-refractivity contribution in [3.05, 3.63) is 63.1 Å². The Morgan fingerprint density at radius 1 is 1.24 bits per heavy atom. The Morgan fingerprint density at radius 3 is 2.71 bits per heavy atom. The summed E-state index contributed by atoms with van der Waals surface area (Å²) in [6.07, 6.45) is 1.74. The maximum Gasteiger partial charge on any atom is 0.133 e. The lowest BCUT2D eigenvalue weighted by Crippen LogP contribution is -2.13. The van der Waals surface area contributed by atoms with Crippen molar-refractivity contribution in [1.82, 2.24) is 0 Å². The van der Waals surface area contributed by atoms with Crippen LogP contribution in [0.25, 0.3) is 0 Å². The molecule has 0 spiro atoms. The van der Waals surface area contributed by atoms with Gasteiger partial charge in [0, 0.05) is 11.1 Å². The second-order valence-corrected chi connectivity index (χ2v) is 6.27. The number of hydrogen-bond acceptors (Lipinski definition) is 2. The average Bonchev–Trinajstić information content (AvgIpc) is 2.46. The Labute approximate surface area is 139 Å². The Kier molecular flexibility index (Phi) is 6.09. The highest BCUT2D eigenvalue weighted by Crippen LogP contribution is 2.29.